The minimum absolute atomic E-state index is 0.389. The number of nitrogens with zero attached hydrogens (tertiary/aromatic N) is 2. The van der Waals surface area contributed by atoms with Crippen molar-refractivity contribution in [3.63, 3.8) is 0 Å². The smallest absolute Gasteiger partial charge is 0.330 e. The molecule has 7 heteroatoms. The predicted molar refractivity (Wildman–Crippen MR) is 88.1 cm³/mol. The summed E-state index contributed by atoms with van der Waals surface area (Å²) in [5, 5.41) is 16.5. The fraction of sp³-hybridized carbons (Fsp3) is 0.312. The van der Waals surface area contributed by atoms with Crippen LogP contribution in [0, 0.1) is 6.92 Å². The topological polar surface area (TPSA) is 84.2 Å². The first-order valence-corrected chi connectivity index (χ1v) is 8.43. The highest BCUT2D eigenvalue weighted by atomic mass is 32.2. The zero-order chi connectivity index (χ0) is 16.4. The van der Waals surface area contributed by atoms with E-state index in [0.717, 1.165) is 11.4 Å². The summed E-state index contributed by atoms with van der Waals surface area (Å²) in [5.41, 5.74) is 0.631. The van der Waals surface area contributed by atoms with E-state index in [1.165, 1.54) is 11.8 Å². The summed E-state index contributed by atoms with van der Waals surface area (Å²) < 4.78 is 1.63. The molecule has 1 aromatic carbocycles. The van der Waals surface area contributed by atoms with Gasteiger partial charge >= 0.3 is 5.97 Å². The molecule has 1 atom stereocenters. The molecule has 0 radical (unpaired) electrons. The SMILES string of the molecule is Cc1nn(-c2ccccc2)cc1C(=O)NC1(C(=O)O)CCSC1. The monoisotopic (exact) mass is 331 g/mol. The molecule has 6 nitrogen and oxygen atoms in total. The number of aryl methyl sites for hydroxylation is 1. The van der Waals surface area contributed by atoms with Gasteiger partial charge in [0.05, 0.1) is 16.9 Å². The van der Waals surface area contributed by atoms with E-state index >= 15 is 0 Å². The molecule has 1 aromatic heterocycles. The largest absolute Gasteiger partial charge is 0.479 e. The number of thioether (sulfide) groups is 1. The molecule has 3 rings (SSSR count). The number of hydrogen-bond donors (Lipinski definition) is 2. The quantitative estimate of drug-likeness (QED) is 0.893. The van der Waals surface area contributed by atoms with Gasteiger partial charge in [0, 0.05) is 11.9 Å². The second-order valence-electron chi connectivity index (χ2n) is 5.55. The molecule has 1 aliphatic heterocycles. The number of amides is 1. The molecule has 1 saturated heterocycles. The minimum atomic E-state index is -1.18. The van der Waals surface area contributed by atoms with Gasteiger partial charge in [0.15, 0.2) is 0 Å². The molecule has 0 aliphatic carbocycles. The van der Waals surface area contributed by atoms with Crippen LogP contribution in [0.4, 0.5) is 0 Å². The summed E-state index contributed by atoms with van der Waals surface area (Å²) in [6.07, 6.45) is 2.07. The molecule has 0 saturated carbocycles. The first kappa shape index (κ1) is 15.6. The number of carboxylic acid groups (broad SMARTS) is 1. The molecule has 2 N–H and O–H groups in total. The van der Waals surface area contributed by atoms with Gasteiger partial charge in [-0.3, -0.25) is 4.79 Å². The van der Waals surface area contributed by atoms with E-state index in [1.807, 2.05) is 30.3 Å². The summed E-state index contributed by atoms with van der Waals surface area (Å²) >= 11 is 1.54. The first-order valence-electron chi connectivity index (χ1n) is 7.27. The van der Waals surface area contributed by atoms with E-state index in [2.05, 4.69) is 10.4 Å². The normalized spacial score (nSPS) is 20.4. The standard InChI is InChI=1S/C16H17N3O3S/c1-11-13(9-19(18-11)12-5-3-2-4-6-12)14(20)17-16(15(21)22)7-8-23-10-16/h2-6,9H,7-8,10H2,1H3,(H,17,20)(H,21,22). The maximum Gasteiger partial charge on any atom is 0.330 e. The van der Waals surface area contributed by atoms with Crippen LogP contribution >= 0.6 is 11.8 Å². The second-order valence-corrected chi connectivity index (χ2v) is 6.66. The Balaban J connectivity index is 1.86. The third-order valence-corrected chi connectivity index (χ3v) is 5.14. The van der Waals surface area contributed by atoms with Crippen molar-refractivity contribution in [2.75, 3.05) is 11.5 Å². The van der Waals surface area contributed by atoms with Crippen molar-refractivity contribution in [3.05, 3.63) is 47.8 Å². The summed E-state index contributed by atoms with van der Waals surface area (Å²) in [7, 11) is 0. The van der Waals surface area contributed by atoms with Gasteiger partial charge < -0.3 is 10.4 Å². The van der Waals surface area contributed by atoms with Crippen LogP contribution in [-0.2, 0) is 4.79 Å². The molecule has 2 heterocycles. The Kier molecular flexibility index (Phi) is 4.12. The van der Waals surface area contributed by atoms with Crippen LogP contribution in [0.3, 0.4) is 0 Å². The Hall–Kier alpha value is -2.28. The zero-order valence-electron chi connectivity index (χ0n) is 12.7. The molecule has 0 spiro atoms. The molecule has 1 amide bonds. The highest BCUT2D eigenvalue weighted by molar-refractivity contribution is 7.99. The number of benzene rings is 1. The van der Waals surface area contributed by atoms with Crippen molar-refractivity contribution >= 4 is 23.6 Å². The Bertz CT molecular complexity index is 736. The molecular weight excluding hydrogens is 314 g/mol. The van der Waals surface area contributed by atoms with Crippen LogP contribution in [0.5, 0.6) is 0 Å². The van der Waals surface area contributed by atoms with Gasteiger partial charge in [0.25, 0.3) is 5.91 Å². The summed E-state index contributed by atoms with van der Waals surface area (Å²) in [6.45, 7) is 1.74. The minimum Gasteiger partial charge on any atom is -0.479 e. The van der Waals surface area contributed by atoms with Crippen molar-refractivity contribution in [1.29, 1.82) is 0 Å². The van der Waals surface area contributed by atoms with Crippen molar-refractivity contribution in [2.45, 2.75) is 18.9 Å². The number of carboxylic acids is 1. The molecule has 0 bridgehead atoms. The summed E-state index contributed by atoms with van der Waals surface area (Å²) in [4.78, 5) is 24.1. The van der Waals surface area contributed by atoms with E-state index in [4.69, 9.17) is 0 Å². The fourth-order valence-electron chi connectivity index (χ4n) is 2.57. The van der Waals surface area contributed by atoms with Gasteiger partial charge in [-0.15, -0.1) is 0 Å². The van der Waals surface area contributed by atoms with Gasteiger partial charge in [0.1, 0.15) is 5.54 Å². The van der Waals surface area contributed by atoms with Crippen molar-refractivity contribution in [1.82, 2.24) is 15.1 Å². The molecule has 23 heavy (non-hydrogen) atoms. The zero-order valence-corrected chi connectivity index (χ0v) is 13.5. The molecule has 1 fully saturated rings. The Morgan fingerprint density at radius 3 is 2.70 bits per heavy atom. The number of aromatic nitrogens is 2. The molecule has 1 aliphatic rings. The Labute approximate surface area is 137 Å². The van der Waals surface area contributed by atoms with Gasteiger partial charge in [0.2, 0.25) is 0 Å². The van der Waals surface area contributed by atoms with E-state index < -0.39 is 17.4 Å². The fourth-order valence-corrected chi connectivity index (χ4v) is 3.89. The number of hydrogen-bond acceptors (Lipinski definition) is 4. The van der Waals surface area contributed by atoms with Crippen LogP contribution in [-0.4, -0.2) is 43.8 Å². The number of carbonyl (C=O) groups is 2. The summed E-state index contributed by atoms with van der Waals surface area (Å²) in [6, 6.07) is 9.46. The van der Waals surface area contributed by atoms with E-state index in [-0.39, 0.29) is 0 Å². The van der Waals surface area contributed by atoms with Gasteiger partial charge in [-0.05, 0) is 31.2 Å². The third-order valence-electron chi connectivity index (χ3n) is 3.95. The predicted octanol–water partition coefficient (Wildman–Crippen LogP) is 1.87. The first-order chi connectivity index (χ1) is 11.0. The summed E-state index contributed by atoms with van der Waals surface area (Å²) in [5.74, 6) is -0.257. The lowest BCUT2D eigenvalue weighted by molar-refractivity contribution is -0.143. The molecule has 120 valence electrons. The molecule has 2 aromatic rings. The lowest BCUT2D eigenvalue weighted by atomic mass is 9.98. The highest BCUT2D eigenvalue weighted by Crippen LogP contribution is 2.28. The molecular formula is C16H17N3O3S. The maximum absolute atomic E-state index is 12.5. The highest BCUT2D eigenvalue weighted by Gasteiger charge is 2.43. The second kappa shape index (κ2) is 6.08. The Morgan fingerprint density at radius 2 is 2.09 bits per heavy atom. The lowest BCUT2D eigenvalue weighted by Gasteiger charge is -2.24. The van der Waals surface area contributed by atoms with Crippen LogP contribution < -0.4 is 5.32 Å². The van der Waals surface area contributed by atoms with E-state index in [9.17, 15) is 14.7 Å². The number of para-hydroxylation sites is 1. The number of aliphatic carboxylic acids is 1. The van der Waals surface area contributed by atoms with E-state index in [0.29, 0.717) is 23.4 Å². The lowest BCUT2D eigenvalue weighted by Crippen LogP contribution is -2.54. The third kappa shape index (κ3) is 2.96. The van der Waals surface area contributed by atoms with Crippen LogP contribution in [0.2, 0.25) is 0 Å². The van der Waals surface area contributed by atoms with Gasteiger partial charge in [-0.25, -0.2) is 9.48 Å². The van der Waals surface area contributed by atoms with Crippen molar-refractivity contribution in [2.24, 2.45) is 0 Å². The van der Waals surface area contributed by atoms with Crippen molar-refractivity contribution in [3.8, 4) is 5.69 Å². The van der Waals surface area contributed by atoms with Crippen molar-refractivity contribution < 1.29 is 14.7 Å². The van der Waals surface area contributed by atoms with E-state index in [1.54, 1.807) is 17.8 Å². The van der Waals surface area contributed by atoms with Crippen LogP contribution in [0.1, 0.15) is 22.5 Å². The van der Waals surface area contributed by atoms with Crippen LogP contribution in [0.25, 0.3) is 5.69 Å². The number of rotatable bonds is 4. The van der Waals surface area contributed by atoms with Gasteiger partial charge in [-0.2, -0.15) is 16.9 Å². The molecule has 1 unspecified atom stereocenters. The number of nitrogens with one attached hydrogen (secondary N) is 1. The van der Waals surface area contributed by atoms with Gasteiger partial charge in [-0.1, -0.05) is 18.2 Å². The number of carbonyl (C=O) groups excluding carboxylic acids is 1. The van der Waals surface area contributed by atoms with Crippen LogP contribution in [0.15, 0.2) is 36.5 Å². The average Bonchev–Trinajstić information content (AvgIpc) is 3.16. The Morgan fingerprint density at radius 1 is 1.35 bits per heavy atom. The average molecular weight is 331 g/mol. The maximum atomic E-state index is 12.5.